The lowest BCUT2D eigenvalue weighted by atomic mass is 9.90. The normalized spacial score (nSPS) is 11.1. The number of benzene rings is 3. The summed E-state index contributed by atoms with van der Waals surface area (Å²) in [5.74, 6) is -0.958. The van der Waals surface area contributed by atoms with E-state index >= 15 is 0 Å². The van der Waals surface area contributed by atoms with E-state index in [1.807, 2.05) is 31.2 Å². The Hall–Kier alpha value is -5.39. The number of hydrogen-bond donors (Lipinski definition) is 5. The molecule has 1 unspecified atom stereocenters. The average Bonchev–Trinajstić information content (AvgIpc) is 3.32. The molecule has 0 aliphatic heterocycles. The predicted octanol–water partition coefficient (Wildman–Crippen LogP) is 3.42. The highest BCUT2D eigenvalue weighted by Gasteiger charge is 2.24. The number of carboxylic acids is 2. The molecule has 12 nitrogen and oxygen atoms in total. The number of amidine groups is 1. The number of H-pyrrole nitrogens is 1. The van der Waals surface area contributed by atoms with Crippen LogP contribution in [-0.4, -0.2) is 56.5 Å². The Bertz CT molecular complexity index is 1590. The molecule has 1 heterocycles. The van der Waals surface area contributed by atoms with Gasteiger partial charge in [-0.1, -0.05) is 42.5 Å². The van der Waals surface area contributed by atoms with Crippen molar-refractivity contribution in [3.05, 3.63) is 105 Å². The van der Waals surface area contributed by atoms with E-state index in [1.165, 1.54) is 12.1 Å². The van der Waals surface area contributed by atoms with Gasteiger partial charge in [-0.15, -0.1) is 5.10 Å². The van der Waals surface area contributed by atoms with Gasteiger partial charge >= 0.3 is 11.7 Å². The summed E-state index contributed by atoms with van der Waals surface area (Å²) >= 11 is 0. The molecule has 1 atom stereocenters. The van der Waals surface area contributed by atoms with E-state index in [1.54, 1.807) is 37.4 Å². The number of aromatic amines is 1. The number of ether oxygens (including phenoxy) is 2. The van der Waals surface area contributed by atoms with E-state index in [2.05, 4.69) is 10.1 Å². The first-order chi connectivity index (χ1) is 19.5. The third-order valence-electron chi connectivity index (χ3n) is 5.92. The molecule has 12 heteroatoms. The number of para-hydroxylation sites is 1. The van der Waals surface area contributed by atoms with Crippen LogP contribution < -0.4 is 20.9 Å². The second-order valence-corrected chi connectivity index (χ2v) is 8.78. The first kappa shape index (κ1) is 30.2. The van der Waals surface area contributed by atoms with Gasteiger partial charge in [-0.3, -0.25) is 15.2 Å². The van der Waals surface area contributed by atoms with Gasteiger partial charge in [-0.05, 0) is 48.7 Å². The summed E-state index contributed by atoms with van der Waals surface area (Å²) in [4.78, 5) is 36.5. The van der Waals surface area contributed by atoms with Gasteiger partial charge in [0.1, 0.15) is 11.7 Å². The number of nitrogen functional groups attached to an aromatic ring is 1. The zero-order valence-electron chi connectivity index (χ0n) is 22.7. The lowest BCUT2D eigenvalue weighted by molar-refractivity contribution is -0.134. The van der Waals surface area contributed by atoms with Crippen molar-refractivity contribution in [3.8, 4) is 17.2 Å². The first-order valence-electron chi connectivity index (χ1n) is 12.5. The molecular formula is C29H31N5O7. The van der Waals surface area contributed by atoms with Crippen molar-refractivity contribution in [2.24, 2.45) is 5.73 Å². The molecule has 0 fully saturated rings. The molecule has 6 N–H and O–H groups in total. The summed E-state index contributed by atoms with van der Waals surface area (Å²) in [5, 5.41) is 29.2. The van der Waals surface area contributed by atoms with Crippen LogP contribution in [0.15, 0.2) is 71.5 Å². The Morgan fingerprint density at radius 2 is 1.73 bits per heavy atom. The summed E-state index contributed by atoms with van der Waals surface area (Å²) < 4.78 is 12.2. The van der Waals surface area contributed by atoms with Gasteiger partial charge in [0.25, 0.3) is 5.97 Å². The maximum Gasteiger partial charge on any atom is 0.348 e. The van der Waals surface area contributed by atoms with E-state index in [0.717, 1.165) is 22.7 Å². The fraction of sp³-hybridized carbons (Fsp3) is 0.207. The molecule has 41 heavy (non-hydrogen) atoms. The second-order valence-electron chi connectivity index (χ2n) is 8.78. The SMILES string of the molecule is CC(=O)O.CCOc1cc(C(Cc2ccc(C(=N)N)cc2)c2nn(-c3ccccc3C(=O)O)c(=O)[nH]2)ccc1OC. The molecular weight excluding hydrogens is 530 g/mol. The minimum absolute atomic E-state index is 0.0280. The number of carbonyl (C=O) groups is 2. The highest BCUT2D eigenvalue weighted by Crippen LogP contribution is 2.34. The number of hydrogen-bond acceptors (Lipinski definition) is 7. The fourth-order valence-corrected chi connectivity index (χ4v) is 4.11. The number of aromatic carboxylic acids is 1. The van der Waals surface area contributed by atoms with Crippen molar-refractivity contribution in [1.82, 2.24) is 14.8 Å². The van der Waals surface area contributed by atoms with Crippen LogP contribution in [0.1, 0.15) is 52.6 Å². The predicted molar refractivity (Wildman–Crippen MR) is 152 cm³/mol. The second kappa shape index (κ2) is 13.6. The Morgan fingerprint density at radius 3 is 2.32 bits per heavy atom. The molecule has 1 aromatic heterocycles. The fourth-order valence-electron chi connectivity index (χ4n) is 4.11. The number of nitrogens with one attached hydrogen (secondary N) is 2. The van der Waals surface area contributed by atoms with Gasteiger partial charge in [0, 0.05) is 18.4 Å². The lowest BCUT2D eigenvalue weighted by Crippen LogP contribution is -2.18. The molecule has 0 aliphatic rings. The molecule has 0 spiro atoms. The summed E-state index contributed by atoms with van der Waals surface area (Å²) in [6.45, 7) is 3.40. The highest BCUT2D eigenvalue weighted by molar-refractivity contribution is 5.94. The van der Waals surface area contributed by atoms with Crippen LogP contribution in [0.25, 0.3) is 5.69 Å². The van der Waals surface area contributed by atoms with E-state index in [0.29, 0.717) is 35.9 Å². The minimum Gasteiger partial charge on any atom is -0.493 e. The Balaban J connectivity index is 0.00000108. The Kier molecular flexibility index (Phi) is 10.0. The van der Waals surface area contributed by atoms with Gasteiger partial charge in [0.15, 0.2) is 11.5 Å². The maximum atomic E-state index is 13.0. The molecule has 0 aliphatic carbocycles. The third-order valence-corrected chi connectivity index (χ3v) is 5.92. The standard InChI is InChI=1S/C27H27N5O5.C2H4O2/c1-3-37-23-15-18(12-13-22(23)36-2)20(14-16-8-10-17(11-9-16)24(28)29)25-30-27(35)32(31-25)21-7-5-4-6-19(21)26(33)34;1-2(3)4/h4-13,15,20H,3,14H2,1-2H3,(H3,28,29)(H,33,34)(H,30,31,35);1H3,(H,3,4). The minimum atomic E-state index is -1.16. The van der Waals surface area contributed by atoms with Gasteiger partial charge in [-0.2, -0.15) is 4.68 Å². The first-order valence-corrected chi connectivity index (χ1v) is 12.5. The highest BCUT2D eigenvalue weighted by atomic mass is 16.5. The molecule has 0 radical (unpaired) electrons. The number of carboxylic acid groups (broad SMARTS) is 2. The molecule has 0 bridgehead atoms. The van der Waals surface area contributed by atoms with Crippen molar-refractivity contribution >= 4 is 17.8 Å². The largest absolute Gasteiger partial charge is 0.493 e. The zero-order chi connectivity index (χ0) is 30.1. The zero-order valence-corrected chi connectivity index (χ0v) is 22.7. The van der Waals surface area contributed by atoms with Crippen LogP contribution in [0.4, 0.5) is 0 Å². The van der Waals surface area contributed by atoms with Gasteiger partial charge < -0.3 is 25.4 Å². The molecule has 0 saturated heterocycles. The molecule has 4 aromatic rings. The quantitative estimate of drug-likeness (QED) is 0.142. The van der Waals surface area contributed by atoms with Crippen molar-refractivity contribution in [3.63, 3.8) is 0 Å². The van der Waals surface area contributed by atoms with Crippen LogP contribution in [0, 0.1) is 5.41 Å². The summed E-state index contributed by atoms with van der Waals surface area (Å²) in [5.41, 5.74) is 7.50. The van der Waals surface area contributed by atoms with Crippen LogP contribution in [0.3, 0.4) is 0 Å². The number of methoxy groups -OCH3 is 1. The van der Waals surface area contributed by atoms with Crippen molar-refractivity contribution < 1.29 is 29.3 Å². The number of rotatable bonds is 10. The van der Waals surface area contributed by atoms with Crippen molar-refractivity contribution in [2.75, 3.05) is 13.7 Å². The Morgan fingerprint density at radius 1 is 1.07 bits per heavy atom. The Labute approximate surface area is 235 Å². The van der Waals surface area contributed by atoms with E-state index in [-0.39, 0.29) is 17.1 Å². The number of nitrogens with zero attached hydrogens (tertiary/aromatic N) is 2. The monoisotopic (exact) mass is 561 g/mol. The lowest BCUT2D eigenvalue weighted by Gasteiger charge is -2.18. The van der Waals surface area contributed by atoms with Crippen LogP contribution in [-0.2, 0) is 11.2 Å². The molecule has 4 rings (SSSR count). The van der Waals surface area contributed by atoms with Crippen LogP contribution in [0.2, 0.25) is 0 Å². The van der Waals surface area contributed by atoms with Crippen molar-refractivity contribution in [1.29, 1.82) is 5.41 Å². The van der Waals surface area contributed by atoms with Crippen LogP contribution in [0.5, 0.6) is 11.5 Å². The topological polar surface area (TPSA) is 194 Å². The summed E-state index contributed by atoms with van der Waals surface area (Å²) in [7, 11) is 1.56. The molecule has 0 amide bonds. The van der Waals surface area contributed by atoms with Gasteiger partial charge in [0.05, 0.1) is 25.0 Å². The van der Waals surface area contributed by atoms with E-state index in [9.17, 15) is 14.7 Å². The van der Waals surface area contributed by atoms with E-state index < -0.39 is 23.5 Å². The summed E-state index contributed by atoms with van der Waals surface area (Å²) in [6, 6.07) is 19.0. The van der Waals surface area contributed by atoms with Gasteiger partial charge in [0.2, 0.25) is 0 Å². The van der Waals surface area contributed by atoms with Crippen LogP contribution >= 0.6 is 0 Å². The average molecular weight is 562 g/mol. The number of aliphatic carboxylic acids is 1. The molecule has 214 valence electrons. The smallest absolute Gasteiger partial charge is 0.348 e. The third kappa shape index (κ3) is 7.60. The maximum absolute atomic E-state index is 13.0. The summed E-state index contributed by atoms with van der Waals surface area (Å²) in [6.07, 6.45) is 0.448. The molecule has 0 saturated carbocycles. The van der Waals surface area contributed by atoms with Crippen molar-refractivity contribution in [2.45, 2.75) is 26.2 Å². The molecule has 3 aromatic carbocycles. The van der Waals surface area contributed by atoms with Gasteiger partial charge in [-0.25, -0.2) is 9.59 Å². The van der Waals surface area contributed by atoms with E-state index in [4.69, 9.17) is 30.5 Å². The number of aromatic nitrogens is 3. The number of nitrogens with two attached hydrogens (primary N) is 1.